The van der Waals surface area contributed by atoms with Gasteiger partial charge < -0.3 is 65.1 Å². The molecule has 81 heavy (non-hydrogen) atoms. The van der Waals surface area contributed by atoms with Crippen LogP contribution in [0.15, 0.2) is 48.6 Å². The Bertz CT molecular complexity index is 1540. The van der Waals surface area contributed by atoms with Crippen molar-refractivity contribution in [1.82, 2.24) is 5.32 Å². The highest BCUT2D eigenvalue weighted by atomic mass is 16.7. The van der Waals surface area contributed by atoms with Gasteiger partial charge in [-0.25, -0.2) is 0 Å². The molecular formula is C67H123NO13. The SMILES string of the molecule is CCCCCCC/C=C\C/C=C\C/C=C\CCCCCCCCCCCCCCCCCCCCCCCCC(=O)NC(COC1OC(CO)C(OC2OC(CO)C(O)C(O)C2O)C(O)C1O)C(O)/C=C/CCCCCCCCCC. The number of unbranched alkanes of at least 4 members (excludes halogenated alkanes) is 35. The zero-order valence-electron chi connectivity index (χ0n) is 51.3. The van der Waals surface area contributed by atoms with Gasteiger partial charge in [-0.05, 0) is 57.8 Å². The molecule has 0 aromatic carbocycles. The molecular weight excluding hydrogens is 1030 g/mol. The van der Waals surface area contributed by atoms with Crippen LogP contribution in [0.4, 0.5) is 0 Å². The molecule has 0 aromatic heterocycles. The first-order chi connectivity index (χ1) is 39.6. The van der Waals surface area contributed by atoms with Crippen LogP contribution in [0.25, 0.3) is 0 Å². The summed E-state index contributed by atoms with van der Waals surface area (Å²) in [7, 11) is 0. The largest absolute Gasteiger partial charge is 0.394 e. The van der Waals surface area contributed by atoms with E-state index in [-0.39, 0.29) is 18.9 Å². The maximum absolute atomic E-state index is 13.2. The van der Waals surface area contributed by atoms with Crippen LogP contribution >= 0.6 is 0 Å². The summed E-state index contributed by atoms with van der Waals surface area (Å²) in [6, 6.07) is -0.912. The molecule has 2 fully saturated rings. The quantitative estimate of drug-likeness (QED) is 0.0204. The van der Waals surface area contributed by atoms with Crippen molar-refractivity contribution in [2.75, 3.05) is 19.8 Å². The van der Waals surface area contributed by atoms with Crippen LogP contribution in [0.5, 0.6) is 0 Å². The number of nitrogens with one attached hydrogen (secondary N) is 1. The average Bonchev–Trinajstić information content (AvgIpc) is 3.51. The van der Waals surface area contributed by atoms with E-state index >= 15 is 0 Å². The molecule has 0 aromatic rings. The van der Waals surface area contributed by atoms with E-state index in [0.717, 1.165) is 51.4 Å². The number of amides is 1. The third-order valence-corrected chi connectivity index (χ3v) is 16.3. The lowest BCUT2D eigenvalue weighted by molar-refractivity contribution is -0.359. The fourth-order valence-corrected chi connectivity index (χ4v) is 10.9. The summed E-state index contributed by atoms with van der Waals surface area (Å²) in [4.78, 5) is 13.2. The van der Waals surface area contributed by atoms with Crippen molar-refractivity contribution >= 4 is 5.91 Å². The van der Waals surface area contributed by atoms with Crippen molar-refractivity contribution in [3.8, 4) is 0 Å². The van der Waals surface area contributed by atoms with Crippen molar-refractivity contribution in [2.45, 2.75) is 351 Å². The van der Waals surface area contributed by atoms with Crippen LogP contribution in [0.3, 0.4) is 0 Å². The van der Waals surface area contributed by atoms with Crippen LogP contribution in [-0.4, -0.2) is 140 Å². The van der Waals surface area contributed by atoms with Crippen molar-refractivity contribution in [3.63, 3.8) is 0 Å². The molecule has 1 amide bonds. The Morgan fingerprint density at radius 2 is 0.815 bits per heavy atom. The first-order valence-corrected chi connectivity index (χ1v) is 33.4. The van der Waals surface area contributed by atoms with E-state index in [1.54, 1.807) is 6.08 Å². The molecule has 14 nitrogen and oxygen atoms in total. The van der Waals surface area contributed by atoms with Gasteiger partial charge in [-0.15, -0.1) is 0 Å². The molecule has 0 bridgehead atoms. The van der Waals surface area contributed by atoms with Crippen LogP contribution < -0.4 is 5.32 Å². The molecule has 2 rings (SSSR count). The van der Waals surface area contributed by atoms with Gasteiger partial charge >= 0.3 is 0 Å². The molecule has 14 heteroatoms. The second-order valence-electron chi connectivity index (χ2n) is 23.6. The standard InChI is InChI=1S/C67H123NO13/c1-3-5-7-9-11-13-15-16-17-18-19-20-21-22-23-24-25-26-27-28-29-30-31-32-33-34-35-36-37-38-39-40-41-43-45-47-49-51-59(72)68-55(56(71)50-48-46-44-42-14-12-10-8-6-4-2)54-78-66-64(77)62(75)65(58(53-70)80-66)81-67-63(76)61(74)60(73)57(52-69)79-67/h15-16,18-19,21-22,48,50,55-58,60-67,69-71,73-77H,3-14,17,20,23-47,49,51-54H2,1-2H3,(H,68,72)/b16-15-,19-18-,22-21-,50-48+. The van der Waals surface area contributed by atoms with Gasteiger partial charge in [0, 0.05) is 6.42 Å². The van der Waals surface area contributed by atoms with Crippen molar-refractivity contribution in [3.05, 3.63) is 48.6 Å². The maximum Gasteiger partial charge on any atom is 0.220 e. The smallest absolute Gasteiger partial charge is 0.220 e. The monoisotopic (exact) mass is 1150 g/mol. The maximum atomic E-state index is 13.2. The number of aliphatic hydroxyl groups excluding tert-OH is 8. The van der Waals surface area contributed by atoms with E-state index in [2.05, 4.69) is 55.6 Å². The number of carbonyl (C=O) groups excluding carboxylic acids is 1. The number of hydrogen-bond acceptors (Lipinski definition) is 13. The minimum Gasteiger partial charge on any atom is -0.394 e. The molecule has 2 saturated heterocycles. The fraction of sp³-hybridized carbons (Fsp3) is 0.866. The summed E-state index contributed by atoms with van der Waals surface area (Å²) < 4.78 is 22.7. The van der Waals surface area contributed by atoms with Gasteiger partial charge in [0.1, 0.15) is 48.8 Å². The molecule has 0 aliphatic carbocycles. The number of allylic oxidation sites excluding steroid dienone is 7. The van der Waals surface area contributed by atoms with Crippen molar-refractivity contribution in [2.24, 2.45) is 0 Å². The number of ether oxygens (including phenoxy) is 4. The molecule has 2 aliphatic rings. The number of rotatable bonds is 54. The summed E-state index contributed by atoms with van der Waals surface area (Å²) >= 11 is 0. The van der Waals surface area contributed by atoms with E-state index in [1.165, 1.54) is 199 Å². The Morgan fingerprint density at radius 3 is 1.25 bits per heavy atom. The second-order valence-corrected chi connectivity index (χ2v) is 23.6. The van der Waals surface area contributed by atoms with Crippen LogP contribution in [0.2, 0.25) is 0 Å². The number of carbonyl (C=O) groups is 1. The van der Waals surface area contributed by atoms with Crippen LogP contribution in [0, 0.1) is 0 Å². The van der Waals surface area contributed by atoms with Crippen LogP contribution in [-0.2, 0) is 23.7 Å². The van der Waals surface area contributed by atoms with Crippen molar-refractivity contribution < 1.29 is 64.6 Å². The molecule has 9 N–H and O–H groups in total. The van der Waals surface area contributed by atoms with Gasteiger partial charge in [0.05, 0.1) is 32.0 Å². The Balaban J connectivity index is 1.55. The van der Waals surface area contributed by atoms with Gasteiger partial charge in [0.15, 0.2) is 12.6 Å². The zero-order chi connectivity index (χ0) is 58.8. The van der Waals surface area contributed by atoms with E-state index in [0.29, 0.717) is 6.42 Å². The highest BCUT2D eigenvalue weighted by Gasteiger charge is 2.51. The van der Waals surface area contributed by atoms with Gasteiger partial charge in [0.25, 0.3) is 0 Å². The second kappa shape index (κ2) is 52.3. The highest BCUT2D eigenvalue weighted by Crippen LogP contribution is 2.30. The molecule has 12 atom stereocenters. The molecule has 0 saturated carbocycles. The molecule has 0 spiro atoms. The highest BCUT2D eigenvalue weighted by molar-refractivity contribution is 5.76. The third-order valence-electron chi connectivity index (χ3n) is 16.3. The molecule has 2 aliphatic heterocycles. The van der Waals surface area contributed by atoms with Gasteiger partial charge in [0.2, 0.25) is 5.91 Å². The number of aliphatic hydroxyl groups is 8. The lowest BCUT2D eigenvalue weighted by atomic mass is 9.97. The van der Waals surface area contributed by atoms with E-state index in [4.69, 9.17) is 18.9 Å². The first kappa shape index (κ1) is 75.0. The predicted molar refractivity (Wildman–Crippen MR) is 327 cm³/mol. The van der Waals surface area contributed by atoms with Crippen molar-refractivity contribution in [1.29, 1.82) is 0 Å². The molecule has 12 unspecified atom stereocenters. The summed E-state index contributed by atoms with van der Waals surface area (Å²) in [5.74, 6) is -0.238. The Labute approximate surface area is 493 Å². The zero-order valence-corrected chi connectivity index (χ0v) is 51.3. The summed E-state index contributed by atoms with van der Waals surface area (Å²) in [6.45, 7) is 2.77. The summed E-state index contributed by atoms with van der Waals surface area (Å²) in [6.07, 6.45) is 50.6. The lowest BCUT2D eigenvalue weighted by Crippen LogP contribution is -2.65. The summed E-state index contributed by atoms with van der Waals surface area (Å²) in [5.41, 5.74) is 0. The minimum absolute atomic E-state index is 0.238. The van der Waals surface area contributed by atoms with Crippen LogP contribution in [0.1, 0.15) is 277 Å². The first-order valence-electron chi connectivity index (χ1n) is 33.4. The normalized spacial score (nSPS) is 24.4. The molecule has 0 radical (unpaired) electrons. The van der Waals surface area contributed by atoms with E-state index in [9.17, 15) is 45.6 Å². The molecule has 2 heterocycles. The minimum atomic E-state index is -1.79. The Morgan fingerprint density at radius 1 is 0.444 bits per heavy atom. The topological polar surface area (TPSA) is 228 Å². The Hall–Kier alpha value is -2.05. The van der Waals surface area contributed by atoms with Gasteiger partial charge in [-0.1, -0.05) is 262 Å². The lowest BCUT2D eigenvalue weighted by Gasteiger charge is -2.46. The fourth-order valence-electron chi connectivity index (χ4n) is 10.9. The molecule has 474 valence electrons. The Kier molecular flexibility index (Phi) is 48.5. The summed E-state index contributed by atoms with van der Waals surface area (Å²) in [5, 5.41) is 87.0. The third kappa shape index (κ3) is 37.2. The average molecular weight is 1150 g/mol. The predicted octanol–water partition coefficient (Wildman–Crippen LogP) is 12.7. The van der Waals surface area contributed by atoms with Gasteiger partial charge in [-0.3, -0.25) is 4.79 Å². The van der Waals surface area contributed by atoms with E-state index < -0.39 is 86.8 Å². The van der Waals surface area contributed by atoms with Gasteiger partial charge in [-0.2, -0.15) is 0 Å². The van der Waals surface area contributed by atoms with E-state index in [1.807, 2.05) is 6.08 Å². The number of hydrogen-bond donors (Lipinski definition) is 9.